The molecule has 0 N–H and O–H groups in total. The van der Waals surface area contributed by atoms with Crippen LogP contribution in [0.4, 0.5) is 0 Å². The first-order chi connectivity index (χ1) is 7.16. The lowest BCUT2D eigenvalue weighted by Crippen LogP contribution is -2.40. The molecule has 1 aliphatic heterocycles. The Hall–Kier alpha value is -0.840. The fraction of sp³-hybridized carbons (Fsp3) is 0.600. The highest BCUT2D eigenvalue weighted by Gasteiger charge is 2.25. The highest BCUT2D eigenvalue weighted by atomic mass is 79.9. The van der Waals surface area contributed by atoms with E-state index in [4.69, 9.17) is 4.52 Å². The third-order valence-corrected chi connectivity index (χ3v) is 3.24. The second-order valence-electron chi connectivity index (χ2n) is 3.82. The summed E-state index contributed by atoms with van der Waals surface area (Å²) < 4.78 is 4.96. The van der Waals surface area contributed by atoms with E-state index < -0.39 is 0 Å². The van der Waals surface area contributed by atoms with Gasteiger partial charge in [-0.1, -0.05) is 21.1 Å². The molecule has 0 saturated carbocycles. The summed E-state index contributed by atoms with van der Waals surface area (Å²) in [4.78, 5) is 14.1. The number of amides is 1. The number of alkyl halides is 1. The van der Waals surface area contributed by atoms with Gasteiger partial charge < -0.3 is 9.42 Å². The zero-order valence-corrected chi connectivity index (χ0v) is 10.2. The Balaban J connectivity index is 2.07. The first-order valence-electron chi connectivity index (χ1n) is 5.03. The maximum absolute atomic E-state index is 11.9. The predicted octanol–water partition coefficient (Wildman–Crippen LogP) is 1.98. The molecule has 15 heavy (non-hydrogen) atoms. The van der Waals surface area contributed by atoms with Gasteiger partial charge in [0, 0.05) is 24.0 Å². The lowest BCUT2D eigenvalue weighted by atomic mass is 10.1. The van der Waals surface area contributed by atoms with Crippen molar-refractivity contribution in [2.75, 3.05) is 13.1 Å². The average Bonchev–Trinajstić information content (AvgIpc) is 2.64. The summed E-state index contributed by atoms with van der Waals surface area (Å²) in [5, 5.41) is 3.72. The predicted molar refractivity (Wildman–Crippen MR) is 59.1 cm³/mol. The van der Waals surface area contributed by atoms with E-state index in [2.05, 4.69) is 21.1 Å². The Bertz CT molecular complexity index is 364. The molecule has 1 aromatic rings. The van der Waals surface area contributed by atoms with Gasteiger partial charge >= 0.3 is 0 Å². The van der Waals surface area contributed by atoms with Crippen molar-refractivity contribution in [2.45, 2.75) is 24.6 Å². The van der Waals surface area contributed by atoms with Crippen molar-refractivity contribution in [3.05, 3.63) is 17.5 Å². The molecule has 2 rings (SSSR count). The third-order valence-electron chi connectivity index (χ3n) is 2.49. The summed E-state index contributed by atoms with van der Waals surface area (Å²) in [6.45, 7) is 3.36. The molecule has 1 amide bonds. The molecule has 0 aliphatic carbocycles. The third kappa shape index (κ3) is 2.40. The fourth-order valence-corrected chi connectivity index (χ4v) is 2.40. The van der Waals surface area contributed by atoms with Crippen LogP contribution >= 0.6 is 15.9 Å². The number of aryl methyl sites for hydroxylation is 1. The maximum atomic E-state index is 11.9. The summed E-state index contributed by atoms with van der Waals surface area (Å²) in [5.74, 6) is 0.286. The van der Waals surface area contributed by atoms with E-state index in [0.29, 0.717) is 10.6 Å². The van der Waals surface area contributed by atoms with Gasteiger partial charge in [-0.3, -0.25) is 4.79 Å². The summed E-state index contributed by atoms with van der Waals surface area (Å²) in [7, 11) is 0. The number of rotatable bonds is 1. The fourth-order valence-electron chi connectivity index (χ4n) is 1.73. The van der Waals surface area contributed by atoms with Gasteiger partial charge in [0.15, 0.2) is 0 Å². The van der Waals surface area contributed by atoms with Crippen LogP contribution in [0.25, 0.3) is 0 Å². The Morgan fingerprint density at radius 2 is 2.53 bits per heavy atom. The number of piperidine rings is 1. The Kier molecular flexibility index (Phi) is 3.09. The Morgan fingerprint density at radius 1 is 1.73 bits per heavy atom. The van der Waals surface area contributed by atoms with Crippen molar-refractivity contribution in [3.8, 4) is 0 Å². The molecule has 82 valence electrons. The van der Waals surface area contributed by atoms with E-state index >= 15 is 0 Å². The van der Waals surface area contributed by atoms with Gasteiger partial charge in [0.05, 0.1) is 5.69 Å². The van der Waals surface area contributed by atoms with E-state index in [1.54, 1.807) is 6.07 Å². The summed E-state index contributed by atoms with van der Waals surface area (Å²) in [6.07, 6.45) is 2.16. The van der Waals surface area contributed by atoms with Crippen molar-refractivity contribution in [2.24, 2.45) is 0 Å². The average molecular weight is 273 g/mol. The number of hydrogen-bond acceptors (Lipinski definition) is 3. The topological polar surface area (TPSA) is 46.3 Å². The number of aromatic nitrogens is 1. The minimum absolute atomic E-state index is 0.0558. The molecule has 1 unspecified atom stereocenters. The highest BCUT2D eigenvalue weighted by Crippen LogP contribution is 2.18. The van der Waals surface area contributed by atoms with E-state index in [9.17, 15) is 4.79 Å². The van der Waals surface area contributed by atoms with Crippen LogP contribution in [0.5, 0.6) is 0 Å². The first-order valence-corrected chi connectivity index (χ1v) is 5.95. The molecule has 4 nitrogen and oxygen atoms in total. The van der Waals surface area contributed by atoms with Crippen LogP contribution in [0.15, 0.2) is 10.6 Å². The van der Waals surface area contributed by atoms with Crippen molar-refractivity contribution >= 4 is 21.8 Å². The molecule has 1 aliphatic rings. The zero-order valence-electron chi connectivity index (χ0n) is 8.57. The van der Waals surface area contributed by atoms with Gasteiger partial charge in [-0.25, -0.2) is 0 Å². The molecule has 1 aromatic heterocycles. The first kappa shape index (κ1) is 10.7. The van der Waals surface area contributed by atoms with Crippen LogP contribution in [-0.4, -0.2) is 33.9 Å². The van der Waals surface area contributed by atoms with Crippen LogP contribution < -0.4 is 0 Å². The molecule has 0 aromatic carbocycles. The Labute approximate surface area is 96.7 Å². The van der Waals surface area contributed by atoms with Gasteiger partial charge in [-0.15, -0.1) is 0 Å². The molecule has 0 radical (unpaired) electrons. The van der Waals surface area contributed by atoms with Crippen LogP contribution in [0.1, 0.15) is 29.1 Å². The summed E-state index contributed by atoms with van der Waals surface area (Å²) >= 11 is 3.53. The number of carbonyl (C=O) groups is 1. The van der Waals surface area contributed by atoms with E-state index in [1.807, 2.05) is 11.8 Å². The molecule has 1 saturated heterocycles. The number of likely N-dealkylation sites (tertiary alicyclic amines) is 1. The van der Waals surface area contributed by atoms with Crippen molar-refractivity contribution in [1.82, 2.24) is 10.1 Å². The molecular weight excluding hydrogens is 260 g/mol. The second kappa shape index (κ2) is 4.35. The van der Waals surface area contributed by atoms with Gasteiger partial charge in [-0.05, 0) is 19.8 Å². The minimum Gasteiger partial charge on any atom is -0.351 e. The molecule has 1 atom stereocenters. The Morgan fingerprint density at radius 3 is 3.13 bits per heavy atom. The molecule has 1 fully saturated rings. The maximum Gasteiger partial charge on any atom is 0.292 e. The largest absolute Gasteiger partial charge is 0.351 e. The van der Waals surface area contributed by atoms with Gasteiger partial charge in [-0.2, -0.15) is 0 Å². The number of hydrogen-bond donors (Lipinski definition) is 0. The highest BCUT2D eigenvalue weighted by molar-refractivity contribution is 9.09. The second-order valence-corrected chi connectivity index (χ2v) is 5.12. The lowest BCUT2D eigenvalue weighted by Gasteiger charge is -2.28. The van der Waals surface area contributed by atoms with Crippen molar-refractivity contribution in [3.63, 3.8) is 0 Å². The summed E-state index contributed by atoms with van der Waals surface area (Å²) in [5.41, 5.74) is 0.741. The summed E-state index contributed by atoms with van der Waals surface area (Å²) in [6, 6.07) is 1.68. The number of nitrogens with zero attached hydrogens (tertiary/aromatic N) is 2. The molecule has 0 spiro atoms. The van der Waals surface area contributed by atoms with Crippen LogP contribution in [0.3, 0.4) is 0 Å². The minimum atomic E-state index is -0.0558. The van der Waals surface area contributed by atoms with Gasteiger partial charge in [0.2, 0.25) is 5.76 Å². The lowest BCUT2D eigenvalue weighted by molar-refractivity contribution is 0.0688. The molecule has 5 heteroatoms. The normalized spacial score (nSPS) is 21.7. The van der Waals surface area contributed by atoms with Crippen LogP contribution in [0.2, 0.25) is 0 Å². The van der Waals surface area contributed by atoms with Gasteiger partial charge in [0.25, 0.3) is 5.91 Å². The van der Waals surface area contributed by atoms with E-state index in [0.717, 1.165) is 31.6 Å². The molecule has 2 heterocycles. The smallest absolute Gasteiger partial charge is 0.292 e. The number of halogens is 1. The molecular formula is C10H13BrN2O2. The number of carbonyl (C=O) groups excluding carboxylic acids is 1. The zero-order chi connectivity index (χ0) is 10.8. The van der Waals surface area contributed by atoms with Gasteiger partial charge in [0.1, 0.15) is 0 Å². The monoisotopic (exact) mass is 272 g/mol. The van der Waals surface area contributed by atoms with Crippen LogP contribution in [0, 0.1) is 6.92 Å². The SMILES string of the molecule is Cc1cc(C(=O)N2CCCC(Br)C2)on1. The van der Waals surface area contributed by atoms with Crippen molar-refractivity contribution < 1.29 is 9.32 Å². The quantitative estimate of drug-likeness (QED) is 0.735. The molecule has 0 bridgehead atoms. The van der Waals surface area contributed by atoms with Crippen LogP contribution in [-0.2, 0) is 0 Å². The standard InChI is InChI=1S/C10H13BrN2O2/c1-7-5-9(15-12-7)10(14)13-4-2-3-8(11)6-13/h5,8H,2-4,6H2,1H3. The van der Waals surface area contributed by atoms with Crippen molar-refractivity contribution in [1.29, 1.82) is 0 Å². The van der Waals surface area contributed by atoms with E-state index in [-0.39, 0.29) is 5.91 Å². The van der Waals surface area contributed by atoms with E-state index in [1.165, 1.54) is 0 Å².